The van der Waals surface area contributed by atoms with Crippen LogP contribution >= 0.6 is 0 Å². The van der Waals surface area contributed by atoms with E-state index < -0.39 is 0 Å². The Morgan fingerprint density at radius 2 is 0.636 bits per heavy atom. The molecular weight excluding hydrogens is 192 g/mol. The van der Waals surface area contributed by atoms with Crippen molar-refractivity contribution in [3.8, 4) is 0 Å². The van der Waals surface area contributed by atoms with E-state index >= 15 is 0 Å². The van der Waals surface area contributed by atoms with Gasteiger partial charge in [-0.1, -0.05) is 0 Å². The molecule has 0 amide bonds. The van der Waals surface area contributed by atoms with Gasteiger partial charge in [-0.3, -0.25) is 19.6 Å². The van der Waals surface area contributed by atoms with Crippen molar-refractivity contribution in [2.45, 2.75) is 0 Å². The van der Waals surface area contributed by atoms with Crippen LogP contribution in [-0.2, 0) is 17.1 Å². The van der Waals surface area contributed by atoms with Crippen LogP contribution in [0.1, 0.15) is 0 Å². The van der Waals surface area contributed by atoms with Gasteiger partial charge in [0.2, 0.25) is 0 Å². The SMILES string of the molecule is C1N2CN3CN1CN(C2)C3.[Cu+2]. The zero-order valence-corrected chi connectivity index (χ0v) is 7.27. The van der Waals surface area contributed by atoms with Gasteiger partial charge in [-0.2, -0.15) is 0 Å². The number of hydrogen-bond donors (Lipinski definition) is 0. The molecule has 0 aromatic carbocycles. The quantitative estimate of drug-likeness (QED) is 0.468. The van der Waals surface area contributed by atoms with Crippen molar-refractivity contribution in [2.75, 3.05) is 40.0 Å². The van der Waals surface area contributed by atoms with Crippen molar-refractivity contribution >= 4 is 0 Å². The third-order valence-electron chi connectivity index (χ3n) is 2.40. The minimum Gasteiger partial charge on any atom is -0.264 e. The van der Waals surface area contributed by atoms with E-state index in [2.05, 4.69) is 19.6 Å². The molecule has 0 aromatic heterocycles. The first-order chi connectivity index (χ1) is 4.90. The average Bonchev–Trinajstić information content (AvgIpc) is 1.82. The molecule has 0 spiro atoms. The number of hydrogen-bond acceptors (Lipinski definition) is 4. The minimum atomic E-state index is 0. The van der Waals surface area contributed by atoms with Crippen LogP contribution in [0.2, 0.25) is 0 Å². The first-order valence-corrected chi connectivity index (χ1v) is 3.79. The molecule has 5 heteroatoms. The number of nitrogens with zero attached hydrogens (tertiary/aromatic N) is 4. The van der Waals surface area contributed by atoms with Gasteiger partial charge in [0.15, 0.2) is 0 Å². The molecule has 1 radical (unpaired) electrons. The van der Waals surface area contributed by atoms with Gasteiger partial charge in [0, 0.05) is 0 Å². The molecular formula is C6H12CuN4+2. The molecule has 0 aromatic rings. The summed E-state index contributed by atoms with van der Waals surface area (Å²) in [5.41, 5.74) is 0. The van der Waals surface area contributed by atoms with E-state index in [1.54, 1.807) is 0 Å². The van der Waals surface area contributed by atoms with Gasteiger partial charge in [-0.05, 0) is 0 Å². The molecule has 4 nitrogen and oxygen atoms in total. The van der Waals surface area contributed by atoms with Crippen LogP contribution in [0.5, 0.6) is 0 Å². The van der Waals surface area contributed by atoms with Crippen molar-refractivity contribution in [3.05, 3.63) is 0 Å². The van der Waals surface area contributed by atoms with Gasteiger partial charge in [-0.15, -0.1) is 0 Å². The van der Waals surface area contributed by atoms with Crippen LogP contribution in [0, 0.1) is 0 Å². The van der Waals surface area contributed by atoms with E-state index in [1.165, 1.54) is 40.0 Å². The van der Waals surface area contributed by atoms with E-state index in [0.29, 0.717) is 0 Å². The summed E-state index contributed by atoms with van der Waals surface area (Å²) in [6.45, 7) is 7.12. The molecule has 4 aliphatic heterocycles. The second-order valence-electron chi connectivity index (χ2n) is 3.53. The summed E-state index contributed by atoms with van der Waals surface area (Å²) in [7, 11) is 0. The predicted molar refractivity (Wildman–Crippen MR) is 36.6 cm³/mol. The van der Waals surface area contributed by atoms with Crippen LogP contribution < -0.4 is 0 Å². The maximum atomic E-state index is 2.47. The van der Waals surface area contributed by atoms with Gasteiger partial charge in [0.25, 0.3) is 0 Å². The molecule has 0 aliphatic carbocycles. The van der Waals surface area contributed by atoms with E-state index in [1.807, 2.05) is 0 Å². The van der Waals surface area contributed by atoms with Crippen molar-refractivity contribution in [1.29, 1.82) is 0 Å². The molecule has 0 N–H and O–H groups in total. The summed E-state index contributed by atoms with van der Waals surface area (Å²) in [6, 6.07) is 0. The first kappa shape index (κ1) is 7.98. The minimum absolute atomic E-state index is 0. The Labute approximate surface area is 77.2 Å². The summed E-state index contributed by atoms with van der Waals surface area (Å²) >= 11 is 0. The smallest absolute Gasteiger partial charge is 0.264 e. The van der Waals surface area contributed by atoms with Gasteiger partial charge in [-0.25, -0.2) is 0 Å². The van der Waals surface area contributed by atoms with Gasteiger partial charge in [0.1, 0.15) is 0 Å². The normalized spacial score (nSPS) is 52.4. The van der Waals surface area contributed by atoms with Gasteiger partial charge in [0.05, 0.1) is 40.0 Å². The Morgan fingerprint density at radius 1 is 0.455 bits per heavy atom. The monoisotopic (exact) mass is 203 g/mol. The van der Waals surface area contributed by atoms with E-state index in [9.17, 15) is 0 Å². The second kappa shape index (κ2) is 2.69. The van der Waals surface area contributed by atoms with Crippen LogP contribution in [0.3, 0.4) is 0 Å². The van der Waals surface area contributed by atoms with Crippen molar-refractivity contribution in [2.24, 2.45) is 0 Å². The molecule has 4 fully saturated rings. The maximum Gasteiger partial charge on any atom is 2.00 e. The van der Waals surface area contributed by atoms with E-state index in [0.717, 1.165) is 0 Å². The molecule has 4 saturated heterocycles. The predicted octanol–water partition coefficient (Wildman–Crippen LogP) is -1.02. The molecule has 4 aliphatic rings. The summed E-state index contributed by atoms with van der Waals surface area (Å²) < 4.78 is 0. The second-order valence-corrected chi connectivity index (χ2v) is 3.53. The molecule has 4 rings (SSSR count). The van der Waals surface area contributed by atoms with Crippen molar-refractivity contribution in [3.63, 3.8) is 0 Å². The average molecular weight is 204 g/mol. The van der Waals surface area contributed by atoms with Crippen molar-refractivity contribution < 1.29 is 17.1 Å². The Balaban J connectivity index is 0.000000480. The van der Waals surface area contributed by atoms with Crippen LogP contribution in [0.25, 0.3) is 0 Å². The molecule has 0 unspecified atom stereocenters. The van der Waals surface area contributed by atoms with Crippen LogP contribution in [0.15, 0.2) is 0 Å². The fraction of sp³-hybridized carbons (Fsp3) is 1.00. The molecule has 65 valence electrons. The largest absolute Gasteiger partial charge is 2.00 e. The summed E-state index contributed by atoms with van der Waals surface area (Å²) in [5.74, 6) is 0. The fourth-order valence-electron chi connectivity index (χ4n) is 2.23. The Hall–Kier alpha value is 0.359. The Bertz CT molecular complexity index is 106. The third-order valence-corrected chi connectivity index (χ3v) is 2.40. The van der Waals surface area contributed by atoms with Crippen LogP contribution in [0.4, 0.5) is 0 Å². The molecule has 4 bridgehead atoms. The first-order valence-electron chi connectivity index (χ1n) is 3.79. The summed E-state index contributed by atoms with van der Waals surface area (Å²) in [4.78, 5) is 9.88. The topological polar surface area (TPSA) is 13.0 Å². The molecule has 4 heterocycles. The maximum absolute atomic E-state index is 2.47. The molecule has 0 saturated carbocycles. The standard InChI is InChI=1S/C6H12N4.Cu/c1-7-2-9-4-8(1)5-10(3-7)6-9;/h1-6H2;/q;+2. The number of rotatable bonds is 0. The fourth-order valence-corrected chi connectivity index (χ4v) is 2.23. The van der Waals surface area contributed by atoms with Gasteiger partial charge >= 0.3 is 17.1 Å². The Morgan fingerprint density at radius 3 is 0.818 bits per heavy atom. The van der Waals surface area contributed by atoms with E-state index in [-0.39, 0.29) is 17.1 Å². The zero-order chi connectivity index (χ0) is 6.55. The summed E-state index contributed by atoms with van der Waals surface area (Å²) in [5, 5.41) is 0. The summed E-state index contributed by atoms with van der Waals surface area (Å²) in [6.07, 6.45) is 0. The van der Waals surface area contributed by atoms with Crippen molar-refractivity contribution in [1.82, 2.24) is 19.6 Å². The molecule has 0 atom stereocenters. The zero-order valence-electron chi connectivity index (χ0n) is 6.33. The van der Waals surface area contributed by atoms with Crippen LogP contribution in [-0.4, -0.2) is 59.6 Å². The Kier molecular flexibility index (Phi) is 1.95. The molecule has 11 heavy (non-hydrogen) atoms. The van der Waals surface area contributed by atoms with E-state index in [4.69, 9.17) is 0 Å². The van der Waals surface area contributed by atoms with Gasteiger partial charge < -0.3 is 0 Å². The third kappa shape index (κ3) is 1.22.